The van der Waals surface area contributed by atoms with E-state index in [0.717, 1.165) is 15.6 Å². The zero-order chi connectivity index (χ0) is 14.0. The lowest BCUT2D eigenvalue weighted by Gasteiger charge is -2.11. The van der Waals surface area contributed by atoms with Crippen molar-refractivity contribution in [2.24, 2.45) is 0 Å². The molecule has 0 bridgehead atoms. The van der Waals surface area contributed by atoms with Gasteiger partial charge in [0.25, 0.3) is 5.91 Å². The first kappa shape index (κ1) is 14.3. The molecule has 0 atom stereocenters. The zero-order valence-electron chi connectivity index (χ0n) is 10.3. The van der Waals surface area contributed by atoms with Crippen LogP contribution >= 0.6 is 34.8 Å². The lowest BCUT2D eigenvalue weighted by Crippen LogP contribution is -2.31. The van der Waals surface area contributed by atoms with Gasteiger partial charge in [0.05, 0.1) is 3.57 Å². The molecule has 0 radical (unpaired) electrons. The van der Waals surface area contributed by atoms with Gasteiger partial charge in [0.2, 0.25) is 0 Å². The number of hydrogen-bond acceptors (Lipinski definition) is 3. The number of benzene rings is 1. The molecule has 6 heteroatoms. The Balaban J connectivity index is 2.27. The summed E-state index contributed by atoms with van der Waals surface area (Å²) >= 11 is 7.18. The summed E-state index contributed by atoms with van der Waals surface area (Å²) in [5, 5.41) is 12.8. The van der Waals surface area contributed by atoms with E-state index in [1.165, 1.54) is 0 Å². The summed E-state index contributed by atoms with van der Waals surface area (Å²) in [6.07, 6.45) is 2.60. The molecule has 1 amide bonds. The Morgan fingerprint density at radius 3 is 2.89 bits per heavy atom. The summed E-state index contributed by atoms with van der Waals surface area (Å²) < 4.78 is 0.741. The lowest BCUT2D eigenvalue weighted by atomic mass is 10.2. The molecule has 2 N–H and O–H groups in total. The minimum atomic E-state index is -0.102. The van der Waals surface area contributed by atoms with Crippen LogP contribution in [0.15, 0.2) is 23.9 Å². The highest BCUT2D eigenvalue weighted by molar-refractivity contribution is 14.1. The zero-order valence-corrected chi connectivity index (χ0v) is 13.3. The number of phenolic OH excluding ortho intramolecular Hbond substituents is 1. The van der Waals surface area contributed by atoms with Crippen LogP contribution in [0.3, 0.4) is 0 Å². The number of hydrogen-bond donors (Lipinski definition) is 2. The minimum absolute atomic E-state index is 0.102. The van der Waals surface area contributed by atoms with E-state index >= 15 is 0 Å². The molecule has 1 fully saturated rings. The number of nitrogens with one attached hydrogen (secondary N) is 1. The summed E-state index contributed by atoms with van der Waals surface area (Å²) in [7, 11) is 0. The highest BCUT2D eigenvalue weighted by atomic mass is 127. The number of halogens is 1. The molecule has 1 saturated heterocycles. The van der Waals surface area contributed by atoms with E-state index in [0.29, 0.717) is 17.4 Å². The SMILES string of the molecule is CCCN1C(=O)/C(=C/c2ccc(O)c(I)c2)NC1=S. The molecule has 0 saturated carbocycles. The van der Waals surface area contributed by atoms with Crippen molar-refractivity contribution in [1.29, 1.82) is 0 Å². The number of thiocarbonyl (C=S) groups is 1. The van der Waals surface area contributed by atoms with Crippen LogP contribution in [0.5, 0.6) is 5.75 Å². The van der Waals surface area contributed by atoms with Crippen LogP contribution in [0, 0.1) is 3.57 Å². The Kier molecular flexibility index (Phi) is 4.41. The van der Waals surface area contributed by atoms with Gasteiger partial charge in [-0.05, 0) is 65.0 Å². The average Bonchev–Trinajstić information content (AvgIpc) is 2.62. The predicted octanol–water partition coefficient (Wildman–Crippen LogP) is 2.46. The Hall–Kier alpha value is -1.15. The van der Waals surface area contributed by atoms with Gasteiger partial charge in [0.15, 0.2) is 5.11 Å². The summed E-state index contributed by atoms with van der Waals surface area (Å²) in [6.45, 7) is 2.62. The fraction of sp³-hybridized carbons (Fsp3) is 0.231. The van der Waals surface area contributed by atoms with Crippen molar-refractivity contribution in [1.82, 2.24) is 10.2 Å². The second-order valence-electron chi connectivity index (χ2n) is 4.16. The van der Waals surface area contributed by atoms with E-state index in [1.54, 1.807) is 23.1 Å². The van der Waals surface area contributed by atoms with Crippen LogP contribution in [0.4, 0.5) is 0 Å². The molecule has 1 heterocycles. The molecule has 1 aromatic carbocycles. The second-order valence-corrected chi connectivity index (χ2v) is 5.70. The Bertz CT molecular complexity index is 572. The topological polar surface area (TPSA) is 52.6 Å². The Labute approximate surface area is 130 Å². The van der Waals surface area contributed by atoms with Gasteiger partial charge in [-0.15, -0.1) is 0 Å². The number of phenols is 1. The van der Waals surface area contributed by atoms with Gasteiger partial charge in [0.1, 0.15) is 11.4 Å². The maximum atomic E-state index is 12.1. The molecule has 1 aromatic rings. The second kappa shape index (κ2) is 5.87. The van der Waals surface area contributed by atoms with E-state index in [1.807, 2.05) is 35.6 Å². The van der Waals surface area contributed by atoms with Crippen molar-refractivity contribution >= 4 is 51.9 Å². The quantitative estimate of drug-likeness (QED) is 0.475. The fourth-order valence-corrected chi connectivity index (χ4v) is 2.60. The molecule has 1 aliphatic heterocycles. The number of amides is 1. The van der Waals surface area contributed by atoms with Crippen LogP contribution in [0.2, 0.25) is 0 Å². The molecule has 2 rings (SSSR count). The number of rotatable bonds is 3. The maximum Gasteiger partial charge on any atom is 0.276 e. The van der Waals surface area contributed by atoms with Crippen molar-refractivity contribution < 1.29 is 9.90 Å². The fourth-order valence-electron chi connectivity index (χ4n) is 1.78. The summed E-state index contributed by atoms with van der Waals surface area (Å²) in [5.41, 5.74) is 1.32. The van der Waals surface area contributed by atoms with Crippen LogP contribution in [0.25, 0.3) is 6.08 Å². The van der Waals surface area contributed by atoms with Gasteiger partial charge in [-0.1, -0.05) is 13.0 Å². The van der Waals surface area contributed by atoms with Crippen LogP contribution in [0.1, 0.15) is 18.9 Å². The van der Waals surface area contributed by atoms with Crippen molar-refractivity contribution in [3.8, 4) is 5.75 Å². The highest BCUT2D eigenvalue weighted by Gasteiger charge is 2.29. The van der Waals surface area contributed by atoms with Crippen molar-refractivity contribution in [2.75, 3.05) is 6.54 Å². The first-order valence-electron chi connectivity index (χ1n) is 5.86. The van der Waals surface area contributed by atoms with Crippen LogP contribution in [-0.2, 0) is 4.79 Å². The number of aromatic hydroxyl groups is 1. The van der Waals surface area contributed by atoms with E-state index in [9.17, 15) is 9.90 Å². The van der Waals surface area contributed by atoms with E-state index in [-0.39, 0.29) is 11.7 Å². The summed E-state index contributed by atoms with van der Waals surface area (Å²) in [5.74, 6) is 0.131. The molecule has 0 aliphatic carbocycles. The first-order valence-corrected chi connectivity index (χ1v) is 7.34. The standard InChI is InChI=1S/C13H13IN2O2S/c1-2-5-16-12(18)10(15-13(16)19)7-8-3-4-11(17)9(14)6-8/h3-4,6-7,17H,2,5H2,1H3,(H,15,19)/b10-7-. The van der Waals surface area contributed by atoms with Gasteiger partial charge in [-0.3, -0.25) is 9.69 Å². The molecule has 4 nitrogen and oxygen atoms in total. The highest BCUT2D eigenvalue weighted by Crippen LogP contribution is 2.22. The third-order valence-corrected chi connectivity index (χ3v) is 3.88. The van der Waals surface area contributed by atoms with E-state index < -0.39 is 0 Å². The van der Waals surface area contributed by atoms with E-state index in [4.69, 9.17) is 12.2 Å². The monoisotopic (exact) mass is 388 g/mol. The third kappa shape index (κ3) is 3.06. The predicted molar refractivity (Wildman–Crippen MR) is 86.5 cm³/mol. The number of carbonyl (C=O) groups excluding carboxylic acids is 1. The molecular formula is C13H13IN2O2S. The smallest absolute Gasteiger partial charge is 0.276 e. The van der Waals surface area contributed by atoms with Crippen molar-refractivity contribution in [3.05, 3.63) is 33.0 Å². The van der Waals surface area contributed by atoms with Gasteiger partial charge in [-0.25, -0.2) is 0 Å². The summed E-state index contributed by atoms with van der Waals surface area (Å²) in [6, 6.07) is 5.17. The Morgan fingerprint density at radius 1 is 1.53 bits per heavy atom. The molecule has 0 unspecified atom stereocenters. The molecule has 0 spiro atoms. The van der Waals surface area contributed by atoms with Gasteiger partial charge >= 0.3 is 0 Å². The van der Waals surface area contributed by atoms with Crippen molar-refractivity contribution in [2.45, 2.75) is 13.3 Å². The van der Waals surface area contributed by atoms with Crippen molar-refractivity contribution in [3.63, 3.8) is 0 Å². The average molecular weight is 388 g/mol. The minimum Gasteiger partial charge on any atom is -0.507 e. The first-order chi connectivity index (χ1) is 9.02. The molecule has 1 aliphatic rings. The molecular weight excluding hydrogens is 375 g/mol. The van der Waals surface area contributed by atoms with Gasteiger partial charge < -0.3 is 10.4 Å². The number of nitrogens with zero attached hydrogens (tertiary/aromatic N) is 1. The van der Waals surface area contributed by atoms with Gasteiger partial charge in [0, 0.05) is 6.54 Å². The van der Waals surface area contributed by atoms with E-state index in [2.05, 4.69) is 5.32 Å². The normalized spacial score (nSPS) is 17.2. The lowest BCUT2D eigenvalue weighted by molar-refractivity contribution is -0.122. The van der Waals surface area contributed by atoms with Crippen LogP contribution in [-0.4, -0.2) is 27.6 Å². The number of carbonyl (C=O) groups is 1. The molecule has 0 aromatic heterocycles. The van der Waals surface area contributed by atoms with Crippen LogP contribution < -0.4 is 5.32 Å². The molecule has 100 valence electrons. The third-order valence-electron chi connectivity index (χ3n) is 2.69. The molecule has 19 heavy (non-hydrogen) atoms. The summed E-state index contributed by atoms with van der Waals surface area (Å²) in [4.78, 5) is 13.7. The Morgan fingerprint density at radius 2 is 2.26 bits per heavy atom. The van der Waals surface area contributed by atoms with Gasteiger partial charge in [-0.2, -0.15) is 0 Å². The largest absolute Gasteiger partial charge is 0.507 e. The maximum absolute atomic E-state index is 12.1.